The summed E-state index contributed by atoms with van der Waals surface area (Å²) in [6, 6.07) is 7.65. The number of quaternary nitrogens is 1. The van der Waals surface area contributed by atoms with Gasteiger partial charge in [0.25, 0.3) is 0 Å². The van der Waals surface area contributed by atoms with E-state index < -0.39 is 6.10 Å². The molecule has 0 unspecified atom stereocenters. The fourth-order valence-corrected chi connectivity index (χ4v) is 4.41. The number of halogens is 1. The fourth-order valence-electron chi connectivity index (χ4n) is 4.01. The molecule has 1 saturated heterocycles. The van der Waals surface area contributed by atoms with Crippen molar-refractivity contribution in [2.45, 2.75) is 63.8 Å². The number of benzene rings is 1. The first-order chi connectivity index (χ1) is 10.6. The minimum atomic E-state index is -0.550. The SMILES string of the molecule is CC1(C)CC(O)CC(C)(C)[NH+]1C[C@@H](O)COc1ccccc1Br. The maximum atomic E-state index is 10.5. The quantitative estimate of drug-likeness (QED) is 0.722. The Morgan fingerprint density at radius 2 is 1.78 bits per heavy atom. The van der Waals surface area contributed by atoms with E-state index in [1.807, 2.05) is 24.3 Å². The van der Waals surface area contributed by atoms with E-state index in [-0.39, 0.29) is 23.8 Å². The Labute approximate surface area is 147 Å². The van der Waals surface area contributed by atoms with Gasteiger partial charge in [-0.15, -0.1) is 0 Å². The number of hydrogen-bond acceptors (Lipinski definition) is 3. The van der Waals surface area contributed by atoms with Crippen molar-refractivity contribution in [1.82, 2.24) is 0 Å². The van der Waals surface area contributed by atoms with Crippen LogP contribution in [0, 0.1) is 0 Å². The minimum Gasteiger partial charge on any atom is -0.489 e. The normalized spacial score (nSPS) is 27.4. The van der Waals surface area contributed by atoms with Crippen LogP contribution in [0.3, 0.4) is 0 Å². The molecule has 130 valence electrons. The molecule has 1 aromatic carbocycles. The second-order valence-corrected chi connectivity index (χ2v) is 8.76. The number of rotatable bonds is 5. The second-order valence-electron chi connectivity index (χ2n) is 7.91. The van der Waals surface area contributed by atoms with E-state index in [1.165, 1.54) is 4.90 Å². The van der Waals surface area contributed by atoms with Crippen molar-refractivity contribution in [3.63, 3.8) is 0 Å². The highest BCUT2D eigenvalue weighted by atomic mass is 79.9. The number of para-hydroxylation sites is 1. The van der Waals surface area contributed by atoms with Crippen LogP contribution in [0.4, 0.5) is 0 Å². The van der Waals surface area contributed by atoms with Gasteiger partial charge in [-0.3, -0.25) is 0 Å². The van der Waals surface area contributed by atoms with Crippen molar-refractivity contribution < 1.29 is 19.8 Å². The van der Waals surface area contributed by atoms with Gasteiger partial charge in [0, 0.05) is 12.8 Å². The lowest BCUT2D eigenvalue weighted by Crippen LogP contribution is -3.27. The molecule has 23 heavy (non-hydrogen) atoms. The van der Waals surface area contributed by atoms with Crippen LogP contribution in [0.25, 0.3) is 0 Å². The fraction of sp³-hybridized carbons (Fsp3) is 0.667. The Hall–Kier alpha value is -0.620. The van der Waals surface area contributed by atoms with Crippen molar-refractivity contribution >= 4 is 15.9 Å². The van der Waals surface area contributed by atoms with Crippen LogP contribution in [0.1, 0.15) is 40.5 Å². The summed E-state index contributed by atoms with van der Waals surface area (Å²) in [5.74, 6) is 0.745. The minimum absolute atomic E-state index is 0.0739. The molecule has 1 atom stereocenters. The third-order valence-electron chi connectivity index (χ3n) is 4.83. The van der Waals surface area contributed by atoms with Crippen molar-refractivity contribution in [1.29, 1.82) is 0 Å². The summed E-state index contributed by atoms with van der Waals surface area (Å²) >= 11 is 3.45. The predicted octanol–water partition coefficient (Wildman–Crippen LogP) is 1.79. The Bertz CT molecular complexity index is 515. The summed E-state index contributed by atoms with van der Waals surface area (Å²) in [5.41, 5.74) is -0.148. The van der Waals surface area contributed by atoms with Crippen molar-refractivity contribution in [2.24, 2.45) is 0 Å². The second kappa shape index (κ2) is 7.09. The van der Waals surface area contributed by atoms with Gasteiger partial charge in [-0.25, -0.2) is 0 Å². The van der Waals surface area contributed by atoms with Crippen molar-refractivity contribution in [3.05, 3.63) is 28.7 Å². The van der Waals surface area contributed by atoms with E-state index in [9.17, 15) is 10.2 Å². The Morgan fingerprint density at radius 1 is 1.22 bits per heavy atom. The molecule has 2 rings (SSSR count). The van der Waals surface area contributed by atoms with Gasteiger partial charge in [0.05, 0.1) is 21.7 Å². The Balaban J connectivity index is 1.98. The van der Waals surface area contributed by atoms with Crippen LogP contribution in [0.2, 0.25) is 0 Å². The summed E-state index contributed by atoms with van der Waals surface area (Å²) in [6.45, 7) is 9.52. The summed E-state index contributed by atoms with van der Waals surface area (Å²) in [6.07, 6.45) is 0.691. The molecule has 1 fully saturated rings. The zero-order valence-corrected chi connectivity index (χ0v) is 16.1. The zero-order valence-electron chi connectivity index (χ0n) is 14.5. The molecule has 0 spiro atoms. The van der Waals surface area contributed by atoms with Gasteiger partial charge >= 0.3 is 0 Å². The number of nitrogens with one attached hydrogen (secondary N) is 1. The highest BCUT2D eigenvalue weighted by molar-refractivity contribution is 9.10. The molecule has 0 amide bonds. The monoisotopic (exact) mass is 386 g/mol. The first-order valence-electron chi connectivity index (χ1n) is 8.22. The van der Waals surface area contributed by atoms with Crippen LogP contribution in [-0.2, 0) is 0 Å². The highest BCUT2D eigenvalue weighted by Gasteiger charge is 2.49. The molecule has 4 nitrogen and oxygen atoms in total. The van der Waals surface area contributed by atoms with Crippen LogP contribution in [0.15, 0.2) is 28.7 Å². The largest absolute Gasteiger partial charge is 0.489 e. The highest BCUT2D eigenvalue weighted by Crippen LogP contribution is 2.25. The molecule has 1 heterocycles. The molecule has 1 aliphatic heterocycles. The standard InChI is InChI=1S/C18H28BrNO3/c1-17(2)9-13(21)10-18(3,4)20(17)11-14(22)12-23-16-8-6-5-7-15(16)19/h5-8,13-14,21-22H,9-12H2,1-4H3/p+1/t14-/m1/s1. The van der Waals surface area contributed by atoms with E-state index in [1.54, 1.807) is 0 Å². The van der Waals surface area contributed by atoms with Gasteiger partial charge in [0.1, 0.15) is 25.0 Å². The van der Waals surface area contributed by atoms with E-state index >= 15 is 0 Å². The number of ether oxygens (including phenoxy) is 1. The topological polar surface area (TPSA) is 54.1 Å². The molecule has 0 bridgehead atoms. The molecule has 3 N–H and O–H groups in total. The average molecular weight is 387 g/mol. The third-order valence-corrected chi connectivity index (χ3v) is 5.49. The van der Waals surface area contributed by atoms with E-state index in [0.29, 0.717) is 6.54 Å². The Kier molecular flexibility index (Phi) is 5.77. The van der Waals surface area contributed by atoms with E-state index in [0.717, 1.165) is 23.1 Å². The summed E-state index contributed by atoms with van der Waals surface area (Å²) in [5, 5.41) is 20.6. The third kappa shape index (κ3) is 4.69. The Morgan fingerprint density at radius 3 is 2.35 bits per heavy atom. The van der Waals surface area contributed by atoms with Gasteiger partial charge in [0.15, 0.2) is 0 Å². The van der Waals surface area contributed by atoms with Crippen LogP contribution in [0.5, 0.6) is 5.75 Å². The first kappa shape index (κ1) is 18.7. The average Bonchev–Trinajstić information content (AvgIpc) is 2.41. The molecular weight excluding hydrogens is 358 g/mol. The zero-order chi connectivity index (χ0) is 17.3. The van der Waals surface area contributed by atoms with Gasteiger partial charge in [-0.1, -0.05) is 12.1 Å². The smallest absolute Gasteiger partial charge is 0.137 e. The number of aliphatic hydroxyl groups excluding tert-OH is 2. The van der Waals surface area contributed by atoms with Gasteiger partial charge in [0.2, 0.25) is 0 Å². The lowest BCUT2D eigenvalue weighted by atomic mass is 9.78. The summed E-state index contributed by atoms with van der Waals surface area (Å²) in [4.78, 5) is 1.32. The number of aliphatic hydroxyl groups is 2. The molecular formula is C18H29BrNO3+. The summed E-state index contributed by atoms with van der Waals surface area (Å²) < 4.78 is 6.63. The number of piperidine rings is 1. The van der Waals surface area contributed by atoms with Gasteiger partial charge in [-0.2, -0.15) is 0 Å². The number of likely N-dealkylation sites (tertiary alicyclic amines) is 1. The molecule has 0 aromatic heterocycles. The van der Waals surface area contributed by atoms with Gasteiger partial charge in [-0.05, 0) is 55.8 Å². The van der Waals surface area contributed by atoms with Crippen molar-refractivity contribution in [3.8, 4) is 5.75 Å². The maximum absolute atomic E-state index is 10.5. The molecule has 1 aliphatic rings. The van der Waals surface area contributed by atoms with Crippen LogP contribution >= 0.6 is 15.9 Å². The molecule has 1 aromatic rings. The molecule has 5 heteroatoms. The lowest BCUT2D eigenvalue weighted by molar-refractivity contribution is -1.00. The van der Waals surface area contributed by atoms with Crippen LogP contribution in [-0.4, -0.2) is 46.7 Å². The predicted molar refractivity (Wildman–Crippen MR) is 94.9 cm³/mol. The first-order valence-corrected chi connectivity index (χ1v) is 9.01. The lowest BCUT2D eigenvalue weighted by Gasteiger charge is -2.51. The van der Waals surface area contributed by atoms with E-state index in [2.05, 4.69) is 43.6 Å². The molecule has 0 saturated carbocycles. The maximum Gasteiger partial charge on any atom is 0.137 e. The van der Waals surface area contributed by atoms with Crippen LogP contribution < -0.4 is 9.64 Å². The van der Waals surface area contributed by atoms with Crippen molar-refractivity contribution in [2.75, 3.05) is 13.2 Å². The number of hydrogen-bond donors (Lipinski definition) is 3. The molecule has 0 radical (unpaired) electrons. The molecule has 0 aliphatic carbocycles. The van der Waals surface area contributed by atoms with E-state index in [4.69, 9.17) is 4.74 Å². The summed E-state index contributed by atoms with van der Waals surface area (Å²) in [7, 11) is 0. The van der Waals surface area contributed by atoms with Gasteiger partial charge < -0.3 is 19.8 Å².